The highest BCUT2D eigenvalue weighted by Gasteiger charge is 1.96. The molecule has 1 aromatic carbocycles. The zero-order valence-electron chi connectivity index (χ0n) is 9.52. The minimum Gasteiger partial charge on any atom is -0.337 e. The Bertz CT molecular complexity index is 644. The molecular weight excluding hydrogens is 246 g/mol. The van der Waals surface area contributed by atoms with Gasteiger partial charge in [-0.3, -0.25) is 4.57 Å². The van der Waals surface area contributed by atoms with E-state index in [9.17, 15) is 0 Å². The second-order valence-electron chi connectivity index (χ2n) is 3.54. The molecule has 5 nitrogen and oxygen atoms in total. The second-order valence-corrected chi connectivity index (χ2v) is 3.93. The van der Waals surface area contributed by atoms with E-state index < -0.39 is 0 Å². The molecule has 0 aliphatic rings. The summed E-state index contributed by atoms with van der Waals surface area (Å²) in [5, 5.41) is 3.43. The third-order valence-electron chi connectivity index (χ3n) is 2.38. The van der Waals surface area contributed by atoms with E-state index >= 15 is 0 Å². The van der Waals surface area contributed by atoms with E-state index in [1.807, 2.05) is 47.2 Å². The first kappa shape index (κ1) is 12.2. The van der Waals surface area contributed by atoms with Gasteiger partial charge in [-0.2, -0.15) is 0 Å². The first-order valence-electron chi connectivity index (χ1n) is 5.35. The number of benzene rings is 1. The van der Waals surface area contributed by atoms with Crippen molar-refractivity contribution in [3.63, 3.8) is 0 Å². The largest absolute Gasteiger partial charge is 0.337 e. The molecule has 0 unspecified atom stereocenters. The minimum atomic E-state index is 0.362. The van der Waals surface area contributed by atoms with Crippen LogP contribution in [0.3, 0.4) is 0 Å². The van der Waals surface area contributed by atoms with Gasteiger partial charge in [0.1, 0.15) is 0 Å². The lowest BCUT2D eigenvalue weighted by Crippen LogP contribution is -1.91. The van der Waals surface area contributed by atoms with Crippen molar-refractivity contribution in [1.29, 1.82) is 0 Å². The molecule has 0 fully saturated rings. The third kappa shape index (κ3) is 2.88. The monoisotopic (exact) mass is 257 g/mol. The molecule has 1 aromatic heterocycles. The number of H-pyrrole nitrogens is 1. The van der Waals surface area contributed by atoms with Crippen molar-refractivity contribution < 1.29 is 0 Å². The van der Waals surface area contributed by atoms with Crippen LogP contribution in [0.15, 0.2) is 47.8 Å². The van der Waals surface area contributed by atoms with Crippen molar-refractivity contribution in [2.24, 2.45) is 5.11 Å². The molecule has 0 bridgehead atoms. The molecule has 2 aromatic rings. The molecule has 90 valence electrons. The lowest BCUT2D eigenvalue weighted by molar-refractivity contribution is 1.03. The van der Waals surface area contributed by atoms with Crippen molar-refractivity contribution in [3.8, 4) is 5.69 Å². The molecule has 0 spiro atoms. The van der Waals surface area contributed by atoms with Crippen LogP contribution in [-0.4, -0.2) is 16.1 Å². The van der Waals surface area contributed by atoms with Crippen LogP contribution < -0.4 is 0 Å². The molecule has 0 saturated carbocycles. The molecule has 2 rings (SSSR count). The normalized spacial score (nSPS) is 10.4. The maximum absolute atomic E-state index is 8.14. The van der Waals surface area contributed by atoms with Crippen molar-refractivity contribution in [2.75, 3.05) is 6.54 Å². The Hall–Kier alpha value is -2.30. The van der Waals surface area contributed by atoms with Gasteiger partial charge in [0, 0.05) is 29.5 Å². The Balaban J connectivity index is 2.15. The SMILES string of the molecule is [N-]=[N+]=NCC=Cc1ccc(-n2cc[nH]c2=S)cc1. The summed E-state index contributed by atoms with van der Waals surface area (Å²) in [6.07, 6.45) is 7.41. The quantitative estimate of drug-likeness (QED) is 0.384. The van der Waals surface area contributed by atoms with Gasteiger partial charge in [-0.25, -0.2) is 0 Å². The number of aromatic nitrogens is 2. The number of hydrogen-bond acceptors (Lipinski definition) is 2. The molecule has 0 amide bonds. The van der Waals surface area contributed by atoms with Crippen LogP contribution in [0.4, 0.5) is 0 Å². The van der Waals surface area contributed by atoms with Gasteiger partial charge in [-0.1, -0.05) is 29.4 Å². The van der Waals surface area contributed by atoms with Crippen molar-refractivity contribution in [1.82, 2.24) is 9.55 Å². The summed E-state index contributed by atoms with van der Waals surface area (Å²) in [5.41, 5.74) is 10.2. The van der Waals surface area contributed by atoms with Gasteiger partial charge in [0.25, 0.3) is 0 Å². The summed E-state index contributed by atoms with van der Waals surface area (Å²) in [6, 6.07) is 7.93. The Morgan fingerprint density at radius 1 is 1.39 bits per heavy atom. The first-order chi connectivity index (χ1) is 8.81. The zero-order chi connectivity index (χ0) is 12.8. The van der Waals surface area contributed by atoms with Crippen LogP contribution in [0.1, 0.15) is 5.56 Å². The van der Waals surface area contributed by atoms with E-state index in [1.54, 1.807) is 6.20 Å². The van der Waals surface area contributed by atoms with E-state index in [2.05, 4.69) is 15.0 Å². The Labute approximate surface area is 109 Å². The van der Waals surface area contributed by atoms with Gasteiger partial charge in [-0.15, -0.1) is 0 Å². The third-order valence-corrected chi connectivity index (χ3v) is 2.70. The molecule has 18 heavy (non-hydrogen) atoms. The number of imidazole rings is 1. The zero-order valence-corrected chi connectivity index (χ0v) is 10.3. The summed E-state index contributed by atoms with van der Waals surface area (Å²) in [4.78, 5) is 5.63. The average molecular weight is 257 g/mol. The first-order valence-corrected chi connectivity index (χ1v) is 5.76. The Morgan fingerprint density at radius 2 is 2.17 bits per heavy atom. The number of aromatic amines is 1. The lowest BCUT2D eigenvalue weighted by Gasteiger charge is -2.02. The summed E-state index contributed by atoms with van der Waals surface area (Å²) in [6.45, 7) is 0.362. The standard InChI is InChI=1S/C12H11N5S/c13-16-15-7-1-2-10-3-5-11(6-4-10)17-9-8-14-12(17)18/h1-6,8-9H,7H2,(H,14,18). The van der Waals surface area contributed by atoms with Crippen molar-refractivity contribution >= 4 is 18.3 Å². The molecule has 0 radical (unpaired) electrons. The number of hydrogen-bond donors (Lipinski definition) is 1. The van der Waals surface area contributed by atoms with E-state index in [0.29, 0.717) is 11.3 Å². The fourth-order valence-corrected chi connectivity index (χ4v) is 1.78. The molecule has 0 aliphatic heterocycles. The van der Waals surface area contributed by atoms with Crippen LogP contribution in [-0.2, 0) is 0 Å². The predicted molar refractivity (Wildman–Crippen MR) is 74.0 cm³/mol. The molecule has 0 saturated heterocycles. The van der Waals surface area contributed by atoms with E-state index in [0.717, 1.165) is 11.3 Å². The molecule has 0 aliphatic carbocycles. The van der Waals surface area contributed by atoms with Crippen LogP contribution in [0.2, 0.25) is 0 Å². The maximum atomic E-state index is 8.14. The van der Waals surface area contributed by atoms with Gasteiger partial charge >= 0.3 is 0 Å². The van der Waals surface area contributed by atoms with Crippen molar-refractivity contribution in [2.45, 2.75) is 0 Å². The number of azide groups is 1. The fourth-order valence-electron chi connectivity index (χ4n) is 1.54. The van der Waals surface area contributed by atoms with Crippen LogP contribution in [0.25, 0.3) is 22.2 Å². The fraction of sp³-hybridized carbons (Fsp3) is 0.0833. The average Bonchev–Trinajstić information content (AvgIpc) is 2.82. The number of nitrogens with zero attached hydrogens (tertiary/aromatic N) is 4. The second kappa shape index (κ2) is 5.86. The number of nitrogens with one attached hydrogen (secondary N) is 1. The van der Waals surface area contributed by atoms with Gasteiger partial charge in [-0.05, 0) is 35.4 Å². The topological polar surface area (TPSA) is 69.5 Å². The lowest BCUT2D eigenvalue weighted by atomic mass is 10.2. The maximum Gasteiger partial charge on any atom is 0.181 e. The highest BCUT2D eigenvalue weighted by atomic mass is 32.1. The Kier molecular flexibility index (Phi) is 3.96. The van der Waals surface area contributed by atoms with Gasteiger partial charge in [0.15, 0.2) is 4.77 Å². The summed E-state index contributed by atoms with van der Waals surface area (Å²) in [5.74, 6) is 0. The van der Waals surface area contributed by atoms with Crippen LogP contribution in [0, 0.1) is 4.77 Å². The summed E-state index contributed by atoms with van der Waals surface area (Å²) in [7, 11) is 0. The van der Waals surface area contributed by atoms with Gasteiger partial charge in [0.2, 0.25) is 0 Å². The van der Waals surface area contributed by atoms with Crippen LogP contribution in [0.5, 0.6) is 0 Å². The molecule has 0 atom stereocenters. The van der Waals surface area contributed by atoms with Gasteiger partial charge < -0.3 is 4.98 Å². The summed E-state index contributed by atoms with van der Waals surface area (Å²) < 4.78 is 2.56. The predicted octanol–water partition coefficient (Wildman–Crippen LogP) is 3.86. The van der Waals surface area contributed by atoms with Crippen molar-refractivity contribution in [3.05, 3.63) is 63.5 Å². The van der Waals surface area contributed by atoms with E-state index in [4.69, 9.17) is 17.7 Å². The highest BCUT2D eigenvalue weighted by molar-refractivity contribution is 7.71. The number of rotatable bonds is 4. The molecule has 6 heteroatoms. The van der Waals surface area contributed by atoms with E-state index in [-0.39, 0.29) is 0 Å². The van der Waals surface area contributed by atoms with Gasteiger partial charge in [0.05, 0.1) is 0 Å². The molecular formula is C12H11N5S. The van der Waals surface area contributed by atoms with E-state index in [1.165, 1.54) is 0 Å². The summed E-state index contributed by atoms with van der Waals surface area (Å²) >= 11 is 5.15. The highest BCUT2D eigenvalue weighted by Crippen LogP contribution is 2.11. The van der Waals surface area contributed by atoms with Crippen LogP contribution >= 0.6 is 12.2 Å². The molecule has 1 N–H and O–H groups in total. The minimum absolute atomic E-state index is 0.362. The Morgan fingerprint density at radius 3 is 2.78 bits per heavy atom. The smallest absolute Gasteiger partial charge is 0.181 e. The molecule has 1 heterocycles.